The van der Waals surface area contributed by atoms with E-state index >= 15 is 0 Å². The first-order chi connectivity index (χ1) is 12.3. The highest BCUT2D eigenvalue weighted by atomic mass is 32.1. The second-order valence-electron chi connectivity index (χ2n) is 5.73. The first kappa shape index (κ1) is 18.0. The Balaban J connectivity index is 1.92. The van der Waals surface area contributed by atoms with E-state index in [4.69, 9.17) is 4.74 Å². The van der Waals surface area contributed by atoms with Crippen molar-refractivity contribution in [3.8, 4) is 5.75 Å². The highest BCUT2D eigenvalue weighted by Gasteiger charge is 2.60. The Morgan fingerprint density at radius 3 is 2.69 bits per heavy atom. The van der Waals surface area contributed by atoms with Crippen LogP contribution in [-0.2, 0) is 20.9 Å². The second-order valence-corrected chi connectivity index (χ2v) is 6.85. The van der Waals surface area contributed by atoms with Crippen molar-refractivity contribution in [2.24, 2.45) is 0 Å². The molecule has 1 fully saturated rings. The lowest BCUT2D eigenvalue weighted by atomic mass is 10.3. The van der Waals surface area contributed by atoms with Crippen LogP contribution >= 0.6 is 11.3 Å². The van der Waals surface area contributed by atoms with Gasteiger partial charge in [0.1, 0.15) is 17.3 Å². The van der Waals surface area contributed by atoms with Gasteiger partial charge in [-0.3, -0.25) is 4.79 Å². The Morgan fingerprint density at radius 2 is 2.08 bits per heavy atom. The number of aliphatic carboxylic acids is 1. The van der Waals surface area contributed by atoms with E-state index in [0.29, 0.717) is 16.3 Å². The zero-order chi connectivity index (χ0) is 19.1. The largest absolute Gasteiger partial charge is 0.544 e. The number of hydrogen-bond donors (Lipinski definition) is 0. The van der Waals surface area contributed by atoms with Gasteiger partial charge in [0.05, 0.1) is 36.4 Å². The maximum atomic E-state index is 12.7. The number of imide groups is 2. The lowest BCUT2D eigenvalue weighted by Crippen LogP contribution is -2.58. The average Bonchev–Trinajstić information content (AvgIpc) is 3.09. The monoisotopic (exact) mass is 377 g/mol. The molecule has 1 saturated heterocycles. The van der Waals surface area contributed by atoms with E-state index in [1.807, 2.05) is 0 Å². The number of methoxy groups -OCH3 is 1. The molecule has 4 amide bonds. The number of carbonyl (C=O) groups is 4. The molecular formula is C16H15N3O6S. The molecule has 0 N–H and O–H groups in total. The molecule has 0 bridgehead atoms. The van der Waals surface area contributed by atoms with Gasteiger partial charge in [0.2, 0.25) is 0 Å². The van der Waals surface area contributed by atoms with Gasteiger partial charge in [-0.1, -0.05) is 0 Å². The summed E-state index contributed by atoms with van der Waals surface area (Å²) in [4.78, 5) is 53.3. The number of carboxylic acids is 1. The Kier molecular flexibility index (Phi) is 4.46. The number of aromatic nitrogens is 1. The number of carboxylic acid groups (broad SMARTS) is 1. The number of rotatable bonds is 6. The summed E-state index contributed by atoms with van der Waals surface area (Å²) in [6.45, 7) is 0.260. The Hall–Kier alpha value is -2.85. The van der Waals surface area contributed by atoms with Crippen molar-refractivity contribution in [3.63, 3.8) is 0 Å². The van der Waals surface area contributed by atoms with Crippen LogP contribution in [0.15, 0.2) is 18.2 Å². The number of thiazole rings is 1. The van der Waals surface area contributed by atoms with Gasteiger partial charge in [0.15, 0.2) is 0 Å². The van der Waals surface area contributed by atoms with Crippen LogP contribution in [0.4, 0.5) is 4.79 Å². The zero-order valence-electron chi connectivity index (χ0n) is 14.1. The third kappa shape index (κ3) is 2.72. The second kappa shape index (κ2) is 6.46. The predicted octanol–water partition coefficient (Wildman–Crippen LogP) is -0.120. The normalized spacial score (nSPS) is 20.2. The lowest BCUT2D eigenvalue weighted by Gasteiger charge is -2.25. The Bertz CT molecular complexity index is 939. The molecule has 0 aliphatic carbocycles. The van der Waals surface area contributed by atoms with E-state index in [9.17, 15) is 24.3 Å². The van der Waals surface area contributed by atoms with Crippen molar-refractivity contribution in [3.05, 3.63) is 23.2 Å². The Labute approximate surface area is 152 Å². The fraction of sp³-hybridized carbons (Fsp3) is 0.312. The van der Waals surface area contributed by atoms with Crippen LogP contribution in [0.25, 0.3) is 10.2 Å². The molecule has 2 heterocycles. The Morgan fingerprint density at radius 1 is 1.35 bits per heavy atom. The molecule has 0 spiro atoms. The van der Waals surface area contributed by atoms with Crippen LogP contribution < -0.4 is 9.84 Å². The van der Waals surface area contributed by atoms with E-state index in [0.717, 1.165) is 9.60 Å². The van der Waals surface area contributed by atoms with E-state index in [1.54, 1.807) is 18.2 Å². The summed E-state index contributed by atoms with van der Waals surface area (Å²) in [5.74, 6) is -3.03. The molecule has 26 heavy (non-hydrogen) atoms. The minimum atomic E-state index is -1.57. The number of amides is 4. The molecule has 0 saturated carbocycles. The standard InChI is InChI=1S/C16H15N3O6S/c1-3-19(8-13(20)21)15(23)14(22)18(16(19)24)7-12-17-10-5-4-9(25-2)6-11(10)26-12/h4-6H,3,7-8H2,1-2H3. The van der Waals surface area contributed by atoms with E-state index in [2.05, 4.69) is 4.98 Å². The number of urea groups is 1. The number of ether oxygens (including phenoxy) is 1. The van der Waals surface area contributed by atoms with E-state index in [-0.39, 0.29) is 13.1 Å². The number of quaternary nitrogens is 1. The number of nitrogens with zero attached hydrogens (tertiary/aromatic N) is 3. The predicted molar refractivity (Wildman–Crippen MR) is 87.8 cm³/mol. The number of fused-ring (bicyclic) bond motifs is 1. The van der Waals surface area contributed by atoms with Gasteiger partial charge in [-0.15, -0.1) is 11.3 Å². The van der Waals surface area contributed by atoms with Gasteiger partial charge in [-0.05, 0) is 25.1 Å². The van der Waals surface area contributed by atoms with Gasteiger partial charge < -0.3 is 14.6 Å². The third-order valence-corrected chi connectivity index (χ3v) is 5.29. The molecule has 9 nitrogen and oxygen atoms in total. The SMILES string of the molecule is CC[N+]1(CC(=O)[O-])C(=O)C(=O)N(Cc2nc3ccc(OC)cc3s2)C1=O. The highest BCUT2D eigenvalue weighted by molar-refractivity contribution is 7.18. The first-order valence-electron chi connectivity index (χ1n) is 7.73. The van der Waals surface area contributed by atoms with Gasteiger partial charge >= 0.3 is 17.8 Å². The fourth-order valence-electron chi connectivity index (χ4n) is 2.88. The van der Waals surface area contributed by atoms with Gasteiger partial charge in [-0.25, -0.2) is 19.5 Å². The quantitative estimate of drug-likeness (QED) is 0.391. The topological polar surface area (TPSA) is 117 Å². The molecule has 1 atom stereocenters. The lowest BCUT2D eigenvalue weighted by molar-refractivity contribution is -0.761. The molecule has 1 aliphatic rings. The van der Waals surface area contributed by atoms with E-state index < -0.39 is 34.8 Å². The summed E-state index contributed by atoms with van der Waals surface area (Å²) in [5, 5.41) is 11.4. The van der Waals surface area contributed by atoms with Crippen molar-refractivity contribution in [2.75, 3.05) is 20.2 Å². The fourth-order valence-corrected chi connectivity index (χ4v) is 3.86. The van der Waals surface area contributed by atoms with Crippen LogP contribution in [-0.4, -0.2) is 58.4 Å². The summed E-state index contributed by atoms with van der Waals surface area (Å²) in [6, 6.07) is 4.39. The number of likely N-dealkylation sites (N-methyl/N-ethyl adjacent to an activating group) is 1. The minimum absolute atomic E-state index is 0.148. The average molecular weight is 377 g/mol. The molecule has 136 valence electrons. The molecule has 1 unspecified atom stereocenters. The summed E-state index contributed by atoms with van der Waals surface area (Å²) in [5.41, 5.74) is 0.669. The highest BCUT2D eigenvalue weighted by Crippen LogP contribution is 2.29. The van der Waals surface area contributed by atoms with Crippen molar-refractivity contribution >= 4 is 45.4 Å². The maximum absolute atomic E-state index is 12.7. The van der Waals surface area contributed by atoms with Crippen molar-refractivity contribution < 1.29 is 33.5 Å². The van der Waals surface area contributed by atoms with Crippen LogP contribution in [0.2, 0.25) is 0 Å². The molecule has 1 aromatic carbocycles. The molecule has 1 aromatic heterocycles. The van der Waals surface area contributed by atoms with E-state index in [1.165, 1.54) is 25.4 Å². The van der Waals surface area contributed by atoms with Gasteiger partial charge in [0, 0.05) is 0 Å². The van der Waals surface area contributed by atoms with Crippen LogP contribution in [0.5, 0.6) is 5.75 Å². The van der Waals surface area contributed by atoms with Crippen molar-refractivity contribution in [2.45, 2.75) is 13.5 Å². The third-order valence-electron chi connectivity index (χ3n) is 4.29. The van der Waals surface area contributed by atoms with Crippen molar-refractivity contribution in [1.29, 1.82) is 0 Å². The molecule has 3 rings (SSSR count). The molecule has 10 heteroatoms. The summed E-state index contributed by atoms with van der Waals surface area (Å²) in [6.07, 6.45) is 0. The van der Waals surface area contributed by atoms with Gasteiger partial charge in [0.25, 0.3) is 0 Å². The van der Waals surface area contributed by atoms with Gasteiger partial charge in [-0.2, -0.15) is 4.48 Å². The minimum Gasteiger partial charge on any atom is -0.544 e. The molecule has 2 aromatic rings. The molecule has 0 radical (unpaired) electrons. The smallest absolute Gasteiger partial charge is 0.435 e. The van der Waals surface area contributed by atoms with Crippen LogP contribution in [0.3, 0.4) is 0 Å². The summed E-state index contributed by atoms with van der Waals surface area (Å²) < 4.78 is 4.85. The molecule has 1 aliphatic heterocycles. The van der Waals surface area contributed by atoms with Crippen molar-refractivity contribution in [1.82, 2.24) is 9.88 Å². The number of benzene rings is 1. The first-order valence-corrected chi connectivity index (χ1v) is 8.55. The van der Waals surface area contributed by atoms with Crippen LogP contribution in [0, 0.1) is 0 Å². The number of carbonyl (C=O) groups excluding carboxylic acids is 4. The maximum Gasteiger partial charge on any atom is 0.435 e. The summed E-state index contributed by atoms with van der Waals surface area (Å²) in [7, 11) is 1.54. The number of hydrogen-bond acceptors (Lipinski definition) is 8. The molecular weight excluding hydrogens is 362 g/mol. The van der Waals surface area contributed by atoms with Crippen LogP contribution in [0.1, 0.15) is 11.9 Å². The zero-order valence-corrected chi connectivity index (χ0v) is 14.9. The summed E-state index contributed by atoms with van der Waals surface area (Å²) >= 11 is 1.26.